The zero-order valence-electron chi connectivity index (χ0n) is 23.8. The number of hydrogen-bond acceptors (Lipinski definition) is 2. The van der Waals surface area contributed by atoms with Crippen LogP contribution in [-0.4, -0.2) is 0 Å². The van der Waals surface area contributed by atoms with Crippen LogP contribution in [0.4, 0.5) is 0 Å². The van der Waals surface area contributed by atoms with Crippen molar-refractivity contribution < 1.29 is 4.42 Å². The molecule has 0 aliphatic rings. The molecule has 9 aromatic rings. The van der Waals surface area contributed by atoms with Crippen LogP contribution in [0.5, 0.6) is 0 Å². The first kappa shape index (κ1) is 25.1. The first-order valence-corrected chi connectivity index (χ1v) is 15.7. The van der Waals surface area contributed by atoms with E-state index in [0.29, 0.717) is 0 Å². The third kappa shape index (κ3) is 4.15. The van der Waals surface area contributed by atoms with Gasteiger partial charge >= 0.3 is 0 Å². The Hall–Kier alpha value is -5.44. The molecule has 2 aromatic heterocycles. The van der Waals surface area contributed by atoms with Gasteiger partial charge in [0.15, 0.2) is 0 Å². The van der Waals surface area contributed by atoms with Crippen LogP contribution < -0.4 is 0 Å². The Morgan fingerprint density at radius 2 is 0.932 bits per heavy atom. The third-order valence-corrected chi connectivity index (χ3v) is 9.84. The van der Waals surface area contributed by atoms with Crippen molar-refractivity contribution in [1.82, 2.24) is 0 Å². The van der Waals surface area contributed by atoms with Gasteiger partial charge in [-0.05, 0) is 81.4 Å². The first-order valence-electron chi connectivity index (χ1n) is 14.9. The van der Waals surface area contributed by atoms with E-state index in [4.69, 9.17) is 4.42 Å². The molecule has 206 valence electrons. The van der Waals surface area contributed by atoms with Crippen LogP contribution >= 0.6 is 11.3 Å². The Kier molecular flexibility index (Phi) is 5.75. The number of furan rings is 1. The molecule has 0 radical (unpaired) electrons. The van der Waals surface area contributed by atoms with Crippen LogP contribution in [0, 0.1) is 0 Å². The second kappa shape index (κ2) is 10.1. The van der Waals surface area contributed by atoms with E-state index in [1.54, 1.807) is 0 Å². The Bertz CT molecular complexity index is 2480. The van der Waals surface area contributed by atoms with Crippen molar-refractivity contribution in [3.8, 4) is 44.5 Å². The molecule has 0 bridgehead atoms. The van der Waals surface area contributed by atoms with E-state index in [0.717, 1.165) is 33.1 Å². The molecule has 0 N–H and O–H groups in total. The standard InChI is InChI=1S/C42H26OS/c1-2-9-27(10-3-1)28-17-19-29(20-18-28)30-11-8-12-32(23-30)36-25-33(26-38-34-13-4-6-15-39(34)43-42(36)38)31-21-22-41-37(24-31)35-14-5-7-16-40(35)44-41/h1-26H. The van der Waals surface area contributed by atoms with Gasteiger partial charge in [-0.1, -0.05) is 115 Å². The molecule has 0 fully saturated rings. The third-order valence-electron chi connectivity index (χ3n) is 8.69. The van der Waals surface area contributed by atoms with Gasteiger partial charge in [0.05, 0.1) is 0 Å². The lowest BCUT2D eigenvalue weighted by molar-refractivity contribution is 0.670. The highest BCUT2D eigenvalue weighted by Crippen LogP contribution is 2.42. The lowest BCUT2D eigenvalue weighted by atomic mass is 9.93. The lowest BCUT2D eigenvalue weighted by Crippen LogP contribution is -1.86. The maximum absolute atomic E-state index is 6.56. The highest BCUT2D eigenvalue weighted by atomic mass is 32.1. The Morgan fingerprint density at radius 1 is 0.341 bits per heavy atom. The molecule has 2 heterocycles. The monoisotopic (exact) mass is 578 g/mol. The number of para-hydroxylation sites is 1. The van der Waals surface area contributed by atoms with Gasteiger partial charge in [0.25, 0.3) is 0 Å². The van der Waals surface area contributed by atoms with Gasteiger partial charge in [-0.3, -0.25) is 0 Å². The number of rotatable bonds is 4. The molecule has 7 aromatic carbocycles. The summed E-state index contributed by atoms with van der Waals surface area (Å²) >= 11 is 1.86. The van der Waals surface area contributed by atoms with Crippen molar-refractivity contribution >= 4 is 53.4 Å². The van der Waals surface area contributed by atoms with E-state index in [2.05, 4.69) is 152 Å². The van der Waals surface area contributed by atoms with E-state index in [1.165, 1.54) is 53.6 Å². The topological polar surface area (TPSA) is 13.1 Å². The lowest BCUT2D eigenvalue weighted by Gasteiger charge is -2.11. The summed E-state index contributed by atoms with van der Waals surface area (Å²) in [6.07, 6.45) is 0. The SMILES string of the molecule is c1ccc(-c2ccc(-c3cccc(-c4cc(-c5ccc6sc7ccccc7c6c5)cc5c4oc4ccccc45)c3)cc2)cc1. The zero-order chi connectivity index (χ0) is 29.0. The maximum atomic E-state index is 6.56. The predicted octanol–water partition coefficient (Wildman–Crippen LogP) is 12.6. The van der Waals surface area contributed by atoms with Crippen LogP contribution in [0.25, 0.3) is 86.6 Å². The van der Waals surface area contributed by atoms with E-state index < -0.39 is 0 Å². The van der Waals surface area contributed by atoms with Crippen LogP contribution in [0.3, 0.4) is 0 Å². The molecule has 1 nitrogen and oxygen atoms in total. The molecule has 0 saturated carbocycles. The molecule has 0 unspecified atom stereocenters. The minimum atomic E-state index is 0.910. The molecule has 0 saturated heterocycles. The van der Waals surface area contributed by atoms with E-state index in [1.807, 2.05) is 17.4 Å². The van der Waals surface area contributed by atoms with Gasteiger partial charge in [0.2, 0.25) is 0 Å². The molecule has 0 amide bonds. The molecular formula is C42H26OS. The largest absolute Gasteiger partial charge is 0.455 e. The highest BCUT2D eigenvalue weighted by Gasteiger charge is 2.16. The summed E-state index contributed by atoms with van der Waals surface area (Å²) in [6.45, 7) is 0. The molecule has 0 spiro atoms. The van der Waals surface area contributed by atoms with Crippen LogP contribution in [0.2, 0.25) is 0 Å². The summed E-state index contributed by atoms with van der Waals surface area (Å²) in [5.41, 5.74) is 11.3. The number of fused-ring (bicyclic) bond motifs is 6. The summed E-state index contributed by atoms with van der Waals surface area (Å²) in [5.74, 6) is 0. The summed E-state index contributed by atoms with van der Waals surface area (Å²) in [7, 11) is 0. The van der Waals surface area contributed by atoms with Gasteiger partial charge in [-0.15, -0.1) is 11.3 Å². The molecule has 0 aliphatic heterocycles. The summed E-state index contributed by atoms with van der Waals surface area (Å²) < 4.78 is 9.20. The molecule has 0 aliphatic carbocycles. The Morgan fingerprint density at radius 3 is 1.80 bits per heavy atom. The molecule has 0 atom stereocenters. The Balaban J connectivity index is 1.21. The van der Waals surface area contributed by atoms with Gasteiger partial charge in [0, 0.05) is 36.5 Å². The van der Waals surface area contributed by atoms with E-state index in [-0.39, 0.29) is 0 Å². The summed E-state index contributed by atoms with van der Waals surface area (Å²) in [4.78, 5) is 0. The minimum absolute atomic E-state index is 0.910. The maximum Gasteiger partial charge on any atom is 0.143 e. The molecule has 2 heteroatoms. The average Bonchev–Trinajstić information content (AvgIpc) is 3.66. The van der Waals surface area contributed by atoms with Gasteiger partial charge in [-0.25, -0.2) is 0 Å². The van der Waals surface area contributed by atoms with Crippen molar-refractivity contribution in [3.63, 3.8) is 0 Å². The number of hydrogen-bond donors (Lipinski definition) is 0. The van der Waals surface area contributed by atoms with Crippen LogP contribution in [0.1, 0.15) is 0 Å². The average molecular weight is 579 g/mol. The Labute approximate surface area is 259 Å². The fraction of sp³-hybridized carbons (Fsp3) is 0. The zero-order valence-corrected chi connectivity index (χ0v) is 24.6. The number of benzene rings is 7. The summed E-state index contributed by atoms with van der Waals surface area (Å²) in [6, 6.07) is 56.7. The highest BCUT2D eigenvalue weighted by molar-refractivity contribution is 7.25. The van der Waals surface area contributed by atoms with Crippen molar-refractivity contribution in [2.24, 2.45) is 0 Å². The van der Waals surface area contributed by atoms with Crippen molar-refractivity contribution in [2.45, 2.75) is 0 Å². The second-order valence-corrected chi connectivity index (χ2v) is 12.4. The van der Waals surface area contributed by atoms with Crippen molar-refractivity contribution in [1.29, 1.82) is 0 Å². The molecule has 9 rings (SSSR count). The predicted molar refractivity (Wildman–Crippen MR) is 188 cm³/mol. The van der Waals surface area contributed by atoms with Crippen molar-refractivity contribution in [2.75, 3.05) is 0 Å². The van der Waals surface area contributed by atoms with Crippen LogP contribution in [0.15, 0.2) is 162 Å². The van der Waals surface area contributed by atoms with Crippen LogP contribution in [-0.2, 0) is 0 Å². The summed E-state index contributed by atoms with van der Waals surface area (Å²) in [5, 5.41) is 4.90. The quantitative estimate of drug-likeness (QED) is 0.202. The van der Waals surface area contributed by atoms with Crippen molar-refractivity contribution in [3.05, 3.63) is 158 Å². The smallest absolute Gasteiger partial charge is 0.143 e. The van der Waals surface area contributed by atoms with Gasteiger partial charge in [-0.2, -0.15) is 0 Å². The van der Waals surface area contributed by atoms with E-state index >= 15 is 0 Å². The van der Waals surface area contributed by atoms with Gasteiger partial charge in [0.1, 0.15) is 11.2 Å². The van der Waals surface area contributed by atoms with E-state index in [9.17, 15) is 0 Å². The molecular weight excluding hydrogens is 553 g/mol. The second-order valence-electron chi connectivity index (χ2n) is 11.3. The fourth-order valence-electron chi connectivity index (χ4n) is 6.47. The van der Waals surface area contributed by atoms with Gasteiger partial charge < -0.3 is 4.42 Å². The fourth-order valence-corrected chi connectivity index (χ4v) is 7.55. The minimum Gasteiger partial charge on any atom is -0.455 e. The first-order chi connectivity index (χ1) is 21.8. The number of thiophene rings is 1. The molecule has 44 heavy (non-hydrogen) atoms. The normalized spacial score (nSPS) is 11.6.